The van der Waals surface area contributed by atoms with Crippen molar-refractivity contribution < 1.29 is 0 Å². The minimum Gasteiger partial charge on any atom is -0.0672 e. The van der Waals surface area contributed by atoms with Gasteiger partial charge in [0.2, 0.25) is 0 Å². The summed E-state index contributed by atoms with van der Waals surface area (Å²) in [5, 5.41) is 3.34. The van der Waals surface area contributed by atoms with E-state index in [9.17, 15) is 0 Å². The predicted octanol–water partition coefficient (Wildman–Crippen LogP) is 11.0. The maximum atomic E-state index is 2.48. The zero-order valence-electron chi connectivity index (χ0n) is 26.0. The normalized spacial score (nSPS) is 14.7. The Morgan fingerprint density at radius 3 is 0.927 bits per heavy atom. The van der Waals surface area contributed by atoms with Crippen LogP contribution >= 0.6 is 0 Å². The second-order valence-electron chi connectivity index (χ2n) is 11.3. The predicted molar refractivity (Wildman–Crippen MR) is 184 cm³/mol. The van der Waals surface area contributed by atoms with Crippen molar-refractivity contribution in [1.29, 1.82) is 0 Å². The number of benzene rings is 4. The van der Waals surface area contributed by atoms with Crippen LogP contribution in [0.4, 0.5) is 0 Å². The lowest BCUT2D eigenvalue weighted by Gasteiger charge is -2.34. The van der Waals surface area contributed by atoms with E-state index >= 15 is 0 Å². The zero-order valence-corrected chi connectivity index (χ0v) is 27.0. The van der Waals surface area contributed by atoms with E-state index in [0.29, 0.717) is 0 Å². The monoisotopic (exact) mass is 554 g/mol. The molecule has 0 unspecified atom stereocenters. The molecule has 0 N–H and O–H groups in total. The molecule has 0 spiro atoms. The van der Waals surface area contributed by atoms with Gasteiger partial charge in [-0.3, -0.25) is 0 Å². The lowest BCUT2D eigenvalue weighted by molar-refractivity contribution is 1.12. The van der Waals surface area contributed by atoms with Gasteiger partial charge in [-0.25, -0.2) is 0 Å². The number of hydrogen-bond acceptors (Lipinski definition) is 0. The van der Waals surface area contributed by atoms with Gasteiger partial charge in [0, 0.05) is 0 Å². The molecule has 0 radical (unpaired) electrons. The van der Waals surface area contributed by atoms with Gasteiger partial charge in [0.05, 0.1) is 0 Å². The van der Waals surface area contributed by atoms with Gasteiger partial charge >= 0.3 is 0 Å². The molecule has 0 saturated heterocycles. The van der Waals surface area contributed by atoms with Gasteiger partial charge in [-0.05, 0) is 91.7 Å². The van der Waals surface area contributed by atoms with Gasteiger partial charge in [0.25, 0.3) is 0 Å². The second kappa shape index (κ2) is 12.6. The molecule has 1 aliphatic rings. The van der Waals surface area contributed by atoms with Crippen LogP contribution in [0.5, 0.6) is 0 Å². The average molecular weight is 555 g/mol. The highest BCUT2D eigenvalue weighted by Crippen LogP contribution is 2.59. The van der Waals surface area contributed by atoms with Crippen LogP contribution in [-0.4, -0.2) is 8.07 Å². The molecule has 1 heterocycles. The molecular weight excluding hydrogens is 509 g/mol. The van der Waals surface area contributed by atoms with Crippen molar-refractivity contribution >= 4 is 29.6 Å². The summed E-state index contributed by atoms with van der Waals surface area (Å²) in [5.41, 5.74) is 14.7. The molecule has 0 amide bonds. The van der Waals surface area contributed by atoms with Gasteiger partial charge in [-0.15, -0.1) is 0 Å². The Hall–Kier alpha value is -3.42. The van der Waals surface area contributed by atoms with Gasteiger partial charge in [-0.1, -0.05) is 151 Å². The van der Waals surface area contributed by atoms with E-state index in [2.05, 4.69) is 139 Å². The van der Waals surface area contributed by atoms with Gasteiger partial charge in [-0.2, -0.15) is 0 Å². The van der Waals surface area contributed by atoms with E-state index in [0.717, 1.165) is 25.7 Å². The van der Waals surface area contributed by atoms with Crippen molar-refractivity contribution in [3.63, 3.8) is 0 Å². The van der Waals surface area contributed by atoms with Crippen LogP contribution in [0.2, 0.25) is 12.1 Å². The molecule has 210 valence electrons. The smallest absolute Gasteiger partial charge is 0.0672 e. The Morgan fingerprint density at radius 2 is 0.634 bits per heavy atom. The Labute approximate surface area is 249 Å². The van der Waals surface area contributed by atoms with E-state index in [1.165, 1.54) is 67.7 Å². The first-order valence-corrected chi connectivity index (χ1v) is 18.3. The Kier molecular flexibility index (Phi) is 8.95. The first-order valence-electron chi connectivity index (χ1n) is 15.9. The van der Waals surface area contributed by atoms with Crippen LogP contribution in [0.25, 0.3) is 21.5 Å². The molecule has 0 bridgehead atoms. The SMILES string of the molecule is CCc1ccccc1C1=C(c2ccccc2CC)[Si](CC)(CC)C(c2ccccc2CC)=C1c1ccccc1CC. The van der Waals surface area contributed by atoms with E-state index < -0.39 is 8.07 Å². The van der Waals surface area contributed by atoms with Gasteiger partial charge in [0.1, 0.15) is 8.07 Å². The average Bonchev–Trinajstić information content (AvgIpc) is 3.35. The van der Waals surface area contributed by atoms with Crippen LogP contribution in [-0.2, 0) is 25.7 Å². The lowest BCUT2D eigenvalue weighted by atomic mass is 9.83. The number of allylic oxidation sites excluding steroid dienone is 2. The van der Waals surface area contributed by atoms with Crippen LogP contribution in [0.15, 0.2) is 97.1 Å². The summed E-state index contributed by atoms with van der Waals surface area (Å²) in [7, 11) is -2.22. The van der Waals surface area contributed by atoms with Crippen molar-refractivity contribution in [3.8, 4) is 0 Å². The second-order valence-corrected chi connectivity index (χ2v) is 15.9. The Morgan fingerprint density at radius 1 is 0.366 bits per heavy atom. The first kappa shape index (κ1) is 29.1. The van der Waals surface area contributed by atoms with E-state index in [-0.39, 0.29) is 0 Å². The number of hydrogen-bond donors (Lipinski definition) is 0. The molecule has 4 aromatic rings. The fourth-order valence-corrected chi connectivity index (χ4v) is 12.6. The molecule has 1 heteroatoms. The molecule has 0 fully saturated rings. The minimum absolute atomic E-state index is 1.03. The molecule has 0 saturated carbocycles. The van der Waals surface area contributed by atoms with Crippen molar-refractivity contribution in [3.05, 3.63) is 142 Å². The van der Waals surface area contributed by atoms with E-state index in [1.807, 2.05) is 0 Å². The zero-order chi connectivity index (χ0) is 29.0. The summed E-state index contributed by atoms with van der Waals surface area (Å²) in [6.45, 7) is 14.2. The molecule has 41 heavy (non-hydrogen) atoms. The third kappa shape index (κ3) is 4.89. The summed E-state index contributed by atoms with van der Waals surface area (Å²) >= 11 is 0. The minimum atomic E-state index is -2.22. The first-order chi connectivity index (χ1) is 20.1. The fraction of sp³-hybridized carbons (Fsp3) is 0.300. The number of aryl methyl sites for hydroxylation is 4. The molecule has 0 atom stereocenters. The molecule has 5 rings (SSSR count). The summed E-state index contributed by atoms with van der Waals surface area (Å²) in [6.07, 6.45) is 4.14. The van der Waals surface area contributed by atoms with Crippen molar-refractivity contribution in [2.45, 2.75) is 79.3 Å². The van der Waals surface area contributed by atoms with Crippen LogP contribution < -0.4 is 0 Å². The summed E-state index contributed by atoms with van der Waals surface area (Å²) in [6, 6.07) is 39.5. The Balaban J connectivity index is 2.08. The van der Waals surface area contributed by atoms with Crippen molar-refractivity contribution in [1.82, 2.24) is 0 Å². The van der Waals surface area contributed by atoms with Gasteiger partial charge in [0.15, 0.2) is 0 Å². The molecule has 0 aromatic heterocycles. The molecule has 1 aliphatic heterocycles. The van der Waals surface area contributed by atoms with Crippen molar-refractivity contribution in [2.75, 3.05) is 0 Å². The maximum absolute atomic E-state index is 2.48. The lowest BCUT2D eigenvalue weighted by Crippen LogP contribution is -2.36. The quantitative estimate of drug-likeness (QED) is 0.171. The summed E-state index contributed by atoms with van der Waals surface area (Å²) < 4.78 is 0. The molecule has 0 aliphatic carbocycles. The van der Waals surface area contributed by atoms with Crippen LogP contribution in [0.1, 0.15) is 86.1 Å². The van der Waals surface area contributed by atoms with Gasteiger partial charge < -0.3 is 0 Å². The largest absolute Gasteiger partial charge is 0.120 e. The van der Waals surface area contributed by atoms with Crippen LogP contribution in [0.3, 0.4) is 0 Å². The van der Waals surface area contributed by atoms with Crippen molar-refractivity contribution in [2.24, 2.45) is 0 Å². The van der Waals surface area contributed by atoms with Crippen LogP contribution in [0, 0.1) is 0 Å². The maximum Gasteiger partial charge on any atom is 0.120 e. The highest BCUT2D eigenvalue weighted by Gasteiger charge is 2.49. The number of rotatable bonds is 10. The third-order valence-corrected chi connectivity index (χ3v) is 15.0. The molecular formula is C40H46Si. The van der Waals surface area contributed by atoms with E-state index in [4.69, 9.17) is 0 Å². The standard InChI is InChI=1S/C40H46Si/c1-7-29-21-13-17-25-33(29)37-38(34-26-18-14-22-30(34)8-2)40(36-28-20-16-24-32(36)10-4)41(11-5,12-6)39(37)35-27-19-15-23-31(35)9-3/h13-28H,7-12H2,1-6H3. The highest BCUT2D eigenvalue weighted by atomic mass is 28.3. The summed E-state index contributed by atoms with van der Waals surface area (Å²) in [5.74, 6) is 0. The van der Waals surface area contributed by atoms with E-state index in [1.54, 1.807) is 10.4 Å². The highest BCUT2D eigenvalue weighted by molar-refractivity contribution is 7.14. The Bertz CT molecular complexity index is 1480. The third-order valence-electron chi connectivity index (χ3n) is 9.58. The fourth-order valence-electron chi connectivity index (χ4n) is 7.42. The topological polar surface area (TPSA) is 0 Å². The molecule has 0 nitrogen and oxygen atoms in total. The summed E-state index contributed by atoms with van der Waals surface area (Å²) in [4.78, 5) is 0. The molecule has 4 aromatic carbocycles.